The molecule has 126 valence electrons. The van der Waals surface area contributed by atoms with Crippen molar-refractivity contribution >= 4 is 23.2 Å². The molecule has 2 amide bonds. The van der Waals surface area contributed by atoms with Gasteiger partial charge >= 0.3 is 0 Å². The second-order valence-electron chi connectivity index (χ2n) is 5.64. The van der Waals surface area contributed by atoms with E-state index in [4.69, 9.17) is 0 Å². The molecular formula is C19H21FN2O2. The topological polar surface area (TPSA) is 58.2 Å². The molecule has 0 heterocycles. The molecule has 0 spiro atoms. The lowest BCUT2D eigenvalue weighted by molar-refractivity contribution is -0.116. The molecular weight excluding hydrogens is 307 g/mol. The van der Waals surface area contributed by atoms with Crippen LogP contribution in [0.2, 0.25) is 0 Å². The third kappa shape index (κ3) is 6.20. The van der Waals surface area contributed by atoms with Crippen LogP contribution in [0.4, 0.5) is 15.8 Å². The van der Waals surface area contributed by atoms with E-state index in [-0.39, 0.29) is 17.6 Å². The number of halogens is 1. The van der Waals surface area contributed by atoms with Gasteiger partial charge in [-0.2, -0.15) is 0 Å². The first-order valence-electron chi connectivity index (χ1n) is 7.95. The van der Waals surface area contributed by atoms with Crippen molar-refractivity contribution in [2.45, 2.75) is 32.6 Å². The summed E-state index contributed by atoms with van der Waals surface area (Å²) in [6.07, 6.45) is 2.92. The predicted octanol–water partition coefficient (Wildman–Crippen LogP) is 4.14. The quantitative estimate of drug-likeness (QED) is 0.751. The fourth-order valence-corrected chi connectivity index (χ4v) is 2.33. The van der Waals surface area contributed by atoms with E-state index < -0.39 is 0 Å². The molecule has 0 radical (unpaired) electrons. The average molecular weight is 328 g/mol. The molecule has 0 aromatic heterocycles. The van der Waals surface area contributed by atoms with Crippen molar-refractivity contribution in [2.24, 2.45) is 0 Å². The summed E-state index contributed by atoms with van der Waals surface area (Å²) in [6, 6.07) is 13.4. The maximum atomic E-state index is 12.8. The fraction of sp³-hybridized carbons (Fsp3) is 0.263. The highest BCUT2D eigenvalue weighted by molar-refractivity contribution is 5.92. The number of hydrogen-bond acceptors (Lipinski definition) is 2. The van der Waals surface area contributed by atoms with E-state index in [0.717, 1.165) is 24.8 Å². The van der Waals surface area contributed by atoms with Crippen LogP contribution in [0.15, 0.2) is 48.5 Å². The maximum Gasteiger partial charge on any atom is 0.224 e. The Morgan fingerprint density at radius 1 is 0.875 bits per heavy atom. The van der Waals surface area contributed by atoms with Crippen molar-refractivity contribution in [3.05, 3.63) is 59.9 Å². The molecule has 0 aliphatic heterocycles. The zero-order chi connectivity index (χ0) is 17.4. The van der Waals surface area contributed by atoms with Gasteiger partial charge in [0.25, 0.3) is 0 Å². The van der Waals surface area contributed by atoms with Crippen LogP contribution in [0.1, 0.15) is 31.7 Å². The minimum Gasteiger partial charge on any atom is -0.326 e. The molecule has 24 heavy (non-hydrogen) atoms. The Hall–Kier alpha value is -2.69. The summed E-state index contributed by atoms with van der Waals surface area (Å²) in [5, 5.41) is 5.50. The van der Waals surface area contributed by atoms with Crippen molar-refractivity contribution < 1.29 is 14.0 Å². The van der Waals surface area contributed by atoms with E-state index in [9.17, 15) is 14.0 Å². The number of amides is 2. The van der Waals surface area contributed by atoms with E-state index in [2.05, 4.69) is 10.6 Å². The van der Waals surface area contributed by atoms with Crippen LogP contribution in [0.3, 0.4) is 0 Å². The number of benzene rings is 2. The fourth-order valence-electron chi connectivity index (χ4n) is 2.33. The first-order valence-corrected chi connectivity index (χ1v) is 7.95. The lowest BCUT2D eigenvalue weighted by Crippen LogP contribution is -2.11. The summed E-state index contributed by atoms with van der Waals surface area (Å²) >= 11 is 0. The van der Waals surface area contributed by atoms with E-state index >= 15 is 0 Å². The zero-order valence-corrected chi connectivity index (χ0v) is 13.6. The molecule has 0 atom stereocenters. The molecule has 0 aliphatic rings. The third-order valence-corrected chi connectivity index (χ3v) is 3.52. The zero-order valence-electron chi connectivity index (χ0n) is 13.6. The number of unbranched alkanes of at least 4 members (excludes halogenated alkanes) is 1. The van der Waals surface area contributed by atoms with Gasteiger partial charge in [0, 0.05) is 24.7 Å². The molecule has 0 saturated heterocycles. The van der Waals surface area contributed by atoms with Gasteiger partial charge < -0.3 is 10.6 Å². The summed E-state index contributed by atoms with van der Waals surface area (Å²) in [5.74, 6) is -0.406. The van der Waals surface area contributed by atoms with Gasteiger partial charge in [0.15, 0.2) is 0 Å². The minimum atomic E-state index is -0.234. The Bertz CT molecular complexity index is 682. The molecule has 2 aromatic carbocycles. The first kappa shape index (κ1) is 17.7. The number of aryl methyl sites for hydroxylation is 1. The van der Waals surface area contributed by atoms with Crippen LogP contribution in [0.25, 0.3) is 0 Å². The van der Waals surface area contributed by atoms with Crippen LogP contribution in [0, 0.1) is 5.82 Å². The van der Waals surface area contributed by atoms with Crippen LogP contribution in [0.5, 0.6) is 0 Å². The SMILES string of the molecule is CC(=O)Nc1ccc(NC(=O)CCCCc2ccc(F)cc2)cc1. The monoisotopic (exact) mass is 328 g/mol. The molecule has 0 fully saturated rings. The third-order valence-electron chi connectivity index (χ3n) is 3.52. The number of rotatable bonds is 7. The van der Waals surface area contributed by atoms with Crippen LogP contribution in [-0.2, 0) is 16.0 Å². The normalized spacial score (nSPS) is 10.2. The smallest absolute Gasteiger partial charge is 0.224 e. The molecule has 0 saturated carbocycles. The van der Waals surface area contributed by atoms with Gasteiger partial charge in [-0.3, -0.25) is 9.59 Å². The molecule has 2 aromatic rings. The Morgan fingerprint density at radius 3 is 2.04 bits per heavy atom. The molecule has 5 heteroatoms. The molecule has 4 nitrogen and oxygen atoms in total. The van der Waals surface area contributed by atoms with E-state index in [0.29, 0.717) is 17.8 Å². The molecule has 0 aliphatic carbocycles. The van der Waals surface area contributed by atoms with Crippen molar-refractivity contribution in [3.8, 4) is 0 Å². The van der Waals surface area contributed by atoms with Crippen molar-refractivity contribution in [1.82, 2.24) is 0 Å². The highest BCUT2D eigenvalue weighted by atomic mass is 19.1. The summed E-state index contributed by atoms with van der Waals surface area (Å²) in [6.45, 7) is 1.45. The number of hydrogen-bond donors (Lipinski definition) is 2. The lowest BCUT2D eigenvalue weighted by Gasteiger charge is -2.07. The minimum absolute atomic E-state index is 0.0404. The Morgan fingerprint density at radius 2 is 1.46 bits per heavy atom. The second kappa shape index (κ2) is 8.82. The van der Waals surface area contributed by atoms with Gasteiger partial charge in [-0.1, -0.05) is 12.1 Å². The molecule has 2 N–H and O–H groups in total. The first-order chi connectivity index (χ1) is 11.5. The predicted molar refractivity (Wildman–Crippen MR) is 93.3 cm³/mol. The summed E-state index contributed by atoms with van der Waals surface area (Å²) in [4.78, 5) is 22.8. The molecule has 0 bridgehead atoms. The maximum absolute atomic E-state index is 12.8. The standard InChI is InChI=1S/C19H21FN2O2/c1-14(23)21-17-10-12-18(13-11-17)22-19(24)5-3-2-4-15-6-8-16(20)9-7-15/h6-13H,2-5H2,1H3,(H,21,23)(H,22,24). The van der Waals surface area contributed by atoms with Crippen molar-refractivity contribution in [1.29, 1.82) is 0 Å². The number of carbonyl (C=O) groups is 2. The second-order valence-corrected chi connectivity index (χ2v) is 5.64. The van der Waals surface area contributed by atoms with Gasteiger partial charge in [-0.25, -0.2) is 4.39 Å². The largest absolute Gasteiger partial charge is 0.326 e. The Labute approximate surface area is 141 Å². The summed E-state index contributed by atoms with van der Waals surface area (Å²) < 4.78 is 12.8. The van der Waals surface area contributed by atoms with E-state index in [1.807, 2.05) is 0 Å². The number of anilines is 2. The molecule has 0 unspecified atom stereocenters. The van der Waals surface area contributed by atoms with E-state index in [1.165, 1.54) is 19.1 Å². The van der Waals surface area contributed by atoms with Gasteiger partial charge in [-0.05, 0) is 61.2 Å². The van der Waals surface area contributed by atoms with Gasteiger partial charge in [-0.15, -0.1) is 0 Å². The number of carbonyl (C=O) groups excluding carboxylic acids is 2. The van der Waals surface area contributed by atoms with E-state index in [1.54, 1.807) is 36.4 Å². The highest BCUT2D eigenvalue weighted by Crippen LogP contribution is 2.14. The Kier molecular flexibility index (Phi) is 6.49. The number of nitrogens with one attached hydrogen (secondary N) is 2. The summed E-state index contributed by atoms with van der Waals surface area (Å²) in [5.41, 5.74) is 2.47. The van der Waals surface area contributed by atoms with Gasteiger partial charge in [0.05, 0.1) is 0 Å². The van der Waals surface area contributed by atoms with Crippen molar-refractivity contribution in [2.75, 3.05) is 10.6 Å². The van der Waals surface area contributed by atoms with Crippen molar-refractivity contribution in [3.63, 3.8) is 0 Å². The van der Waals surface area contributed by atoms with Crippen LogP contribution < -0.4 is 10.6 Å². The summed E-state index contributed by atoms with van der Waals surface area (Å²) in [7, 11) is 0. The van der Waals surface area contributed by atoms with Gasteiger partial charge in [0.1, 0.15) is 5.82 Å². The molecule has 2 rings (SSSR count). The Balaban J connectivity index is 1.69. The van der Waals surface area contributed by atoms with Crippen LogP contribution >= 0.6 is 0 Å². The van der Waals surface area contributed by atoms with Crippen LogP contribution in [-0.4, -0.2) is 11.8 Å². The highest BCUT2D eigenvalue weighted by Gasteiger charge is 2.03. The van der Waals surface area contributed by atoms with Gasteiger partial charge in [0.2, 0.25) is 11.8 Å². The lowest BCUT2D eigenvalue weighted by atomic mass is 10.1. The average Bonchev–Trinajstić information content (AvgIpc) is 2.55.